The standard InChI is InChI=1S/C12H14N2O4/c1-14-6-10(15)13-8-4-7(17-2)5-9(18-3)11(8)12(14)16/h4-5H,6H2,1-3H3,(H,13,15). The smallest absolute Gasteiger partial charge is 0.259 e. The summed E-state index contributed by atoms with van der Waals surface area (Å²) in [6, 6.07) is 3.22. The van der Waals surface area contributed by atoms with Crippen molar-refractivity contribution in [3.63, 3.8) is 0 Å². The van der Waals surface area contributed by atoms with Gasteiger partial charge in [0.25, 0.3) is 5.91 Å². The Morgan fingerprint density at radius 2 is 1.94 bits per heavy atom. The fourth-order valence-electron chi connectivity index (χ4n) is 1.86. The quantitative estimate of drug-likeness (QED) is 0.840. The molecular formula is C12H14N2O4. The molecule has 96 valence electrons. The Labute approximate surface area is 104 Å². The summed E-state index contributed by atoms with van der Waals surface area (Å²) in [6.07, 6.45) is 0. The van der Waals surface area contributed by atoms with Crippen LogP contribution in [0, 0.1) is 0 Å². The van der Waals surface area contributed by atoms with Crippen LogP contribution >= 0.6 is 0 Å². The predicted octanol–water partition coefficient (Wildman–Crippen LogP) is 0.728. The van der Waals surface area contributed by atoms with E-state index in [1.807, 2.05) is 0 Å². The van der Waals surface area contributed by atoms with Crippen LogP contribution in [0.25, 0.3) is 0 Å². The van der Waals surface area contributed by atoms with Crippen molar-refractivity contribution in [1.82, 2.24) is 4.90 Å². The van der Waals surface area contributed by atoms with Crippen LogP contribution in [0.4, 0.5) is 5.69 Å². The van der Waals surface area contributed by atoms with Crippen molar-refractivity contribution in [2.24, 2.45) is 0 Å². The van der Waals surface area contributed by atoms with Crippen LogP contribution in [-0.2, 0) is 4.79 Å². The second-order valence-corrected chi connectivity index (χ2v) is 3.96. The molecule has 2 amide bonds. The summed E-state index contributed by atoms with van der Waals surface area (Å²) < 4.78 is 10.3. The van der Waals surface area contributed by atoms with Crippen LogP contribution in [0.2, 0.25) is 0 Å². The van der Waals surface area contributed by atoms with Gasteiger partial charge in [-0.2, -0.15) is 0 Å². The zero-order valence-corrected chi connectivity index (χ0v) is 10.4. The molecule has 0 spiro atoms. The van der Waals surface area contributed by atoms with E-state index in [2.05, 4.69) is 5.32 Å². The van der Waals surface area contributed by atoms with E-state index in [-0.39, 0.29) is 18.4 Å². The highest BCUT2D eigenvalue weighted by atomic mass is 16.5. The minimum atomic E-state index is -0.261. The topological polar surface area (TPSA) is 67.9 Å². The molecule has 0 saturated carbocycles. The third kappa shape index (κ3) is 1.97. The number of rotatable bonds is 2. The number of anilines is 1. The molecule has 0 aliphatic carbocycles. The Bertz CT molecular complexity index is 513. The number of ether oxygens (including phenoxy) is 2. The lowest BCUT2D eigenvalue weighted by molar-refractivity contribution is -0.116. The molecule has 0 atom stereocenters. The first kappa shape index (κ1) is 12.2. The molecule has 0 radical (unpaired) electrons. The van der Waals surface area contributed by atoms with Crippen LogP contribution in [0.15, 0.2) is 12.1 Å². The Balaban J connectivity index is 2.63. The van der Waals surface area contributed by atoms with Crippen molar-refractivity contribution in [3.05, 3.63) is 17.7 Å². The number of likely N-dealkylation sites (N-methyl/N-ethyl adjacent to an activating group) is 1. The van der Waals surface area contributed by atoms with Crippen LogP contribution in [0.5, 0.6) is 11.5 Å². The molecular weight excluding hydrogens is 236 g/mol. The molecule has 1 N–H and O–H groups in total. The van der Waals surface area contributed by atoms with E-state index in [9.17, 15) is 9.59 Å². The van der Waals surface area contributed by atoms with Gasteiger partial charge < -0.3 is 19.7 Å². The van der Waals surface area contributed by atoms with Gasteiger partial charge in [0.2, 0.25) is 5.91 Å². The second kappa shape index (κ2) is 4.56. The molecule has 1 aliphatic rings. The Kier molecular flexibility index (Phi) is 3.10. The molecule has 1 heterocycles. The molecule has 2 rings (SSSR count). The maximum Gasteiger partial charge on any atom is 0.259 e. The summed E-state index contributed by atoms with van der Waals surface area (Å²) in [5.41, 5.74) is 0.747. The van der Waals surface area contributed by atoms with Crippen LogP contribution in [0.1, 0.15) is 10.4 Å². The monoisotopic (exact) mass is 250 g/mol. The Morgan fingerprint density at radius 3 is 2.56 bits per heavy atom. The van der Waals surface area contributed by atoms with Gasteiger partial charge in [-0.1, -0.05) is 0 Å². The van der Waals surface area contributed by atoms with E-state index in [1.165, 1.54) is 19.1 Å². The van der Waals surface area contributed by atoms with E-state index in [1.54, 1.807) is 19.2 Å². The van der Waals surface area contributed by atoms with Gasteiger partial charge in [0.15, 0.2) is 0 Å². The molecule has 6 nitrogen and oxygen atoms in total. The van der Waals surface area contributed by atoms with Crippen molar-refractivity contribution < 1.29 is 19.1 Å². The first-order chi connectivity index (χ1) is 8.56. The van der Waals surface area contributed by atoms with Crippen molar-refractivity contribution in [1.29, 1.82) is 0 Å². The number of hydrogen-bond acceptors (Lipinski definition) is 4. The normalized spacial score (nSPS) is 14.7. The average molecular weight is 250 g/mol. The molecule has 18 heavy (non-hydrogen) atoms. The first-order valence-electron chi connectivity index (χ1n) is 5.38. The minimum Gasteiger partial charge on any atom is -0.497 e. The summed E-state index contributed by atoms with van der Waals surface area (Å²) >= 11 is 0. The van der Waals surface area contributed by atoms with Crippen molar-refractivity contribution in [2.45, 2.75) is 0 Å². The minimum absolute atomic E-state index is 0.0129. The van der Waals surface area contributed by atoms with Gasteiger partial charge in [0.05, 0.1) is 26.5 Å². The van der Waals surface area contributed by atoms with E-state index in [4.69, 9.17) is 9.47 Å². The molecule has 6 heteroatoms. The Morgan fingerprint density at radius 1 is 1.22 bits per heavy atom. The van der Waals surface area contributed by atoms with Crippen LogP contribution < -0.4 is 14.8 Å². The number of carbonyl (C=O) groups is 2. The van der Waals surface area contributed by atoms with Crippen molar-refractivity contribution in [2.75, 3.05) is 33.1 Å². The number of benzene rings is 1. The maximum absolute atomic E-state index is 12.2. The van der Waals surface area contributed by atoms with E-state index >= 15 is 0 Å². The molecule has 0 fully saturated rings. The summed E-state index contributed by atoms with van der Waals surface area (Å²) in [7, 11) is 4.55. The summed E-state index contributed by atoms with van der Waals surface area (Å²) in [5, 5.41) is 2.67. The van der Waals surface area contributed by atoms with Gasteiger partial charge in [-0.3, -0.25) is 9.59 Å². The van der Waals surface area contributed by atoms with Crippen molar-refractivity contribution >= 4 is 17.5 Å². The lowest BCUT2D eigenvalue weighted by Gasteiger charge is -2.15. The third-order valence-corrected chi connectivity index (χ3v) is 2.75. The number of fused-ring (bicyclic) bond motifs is 1. The SMILES string of the molecule is COc1cc2c(c(OC)c1)C(=O)N(C)CC(=O)N2. The van der Waals surface area contributed by atoms with Crippen LogP contribution in [-0.4, -0.2) is 44.5 Å². The van der Waals surface area contributed by atoms with Crippen molar-refractivity contribution in [3.8, 4) is 11.5 Å². The second-order valence-electron chi connectivity index (χ2n) is 3.96. The zero-order valence-electron chi connectivity index (χ0n) is 10.4. The van der Waals surface area contributed by atoms with E-state index in [0.717, 1.165) is 0 Å². The number of nitrogens with zero attached hydrogens (tertiary/aromatic N) is 1. The molecule has 1 aromatic carbocycles. The fraction of sp³-hybridized carbons (Fsp3) is 0.333. The maximum atomic E-state index is 12.2. The van der Waals surface area contributed by atoms with Crippen LogP contribution in [0.3, 0.4) is 0 Å². The molecule has 0 saturated heterocycles. The van der Waals surface area contributed by atoms with Gasteiger partial charge in [0, 0.05) is 19.2 Å². The fourth-order valence-corrected chi connectivity index (χ4v) is 1.86. The van der Waals surface area contributed by atoms with Gasteiger partial charge in [-0.15, -0.1) is 0 Å². The molecule has 0 bridgehead atoms. The van der Waals surface area contributed by atoms with Gasteiger partial charge in [0.1, 0.15) is 17.1 Å². The number of amides is 2. The summed E-state index contributed by atoms with van der Waals surface area (Å²) in [6.45, 7) is 0.0129. The van der Waals surface area contributed by atoms with E-state index < -0.39 is 0 Å². The highest BCUT2D eigenvalue weighted by Crippen LogP contribution is 2.34. The van der Waals surface area contributed by atoms with E-state index in [0.29, 0.717) is 22.7 Å². The van der Waals surface area contributed by atoms with Gasteiger partial charge >= 0.3 is 0 Å². The third-order valence-electron chi connectivity index (χ3n) is 2.75. The number of methoxy groups -OCH3 is 2. The molecule has 1 aliphatic heterocycles. The number of nitrogens with one attached hydrogen (secondary N) is 1. The largest absolute Gasteiger partial charge is 0.497 e. The zero-order chi connectivity index (χ0) is 13.3. The average Bonchev–Trinajstić information content (AvgIpc) is 2.46. The highest BCUT2D eigenvalue weighted by Gasteiger charge is 2.27. The summed E-state index contributed by atoms with van der Waals surface area (Å²) in [5.74, 6) is 0.384. The first-order valence-corrected chi connectivity index (χ1v) is 5.38. The number of hydrogen-bond donors (Lipinski definition) is 1. The molecule has 0 unspecified atom stereocenters. The lowest BCUT2D eigenvalue weighted by atomic mass is 10.1. The lowest BCUT2D eigenvalue weighted by Crippen LogP contribution is -2.31. The van der Waals surface area contributed by atoms with Gasteiger partial charge in [-0.05, 0) is 0 Å². The van der Waals surface area contributed by atoms with Gasteiger partial charge in [-0.25, -0.2) is 0 Å². The predicted molar refractivity (Wildman–Crippen MR) is 65.1 cm³/mol. The summed E-state index contributed by atoms with van der Waals surface area (Å²) in [4.78, 5) is 25.1. The highest BCUT2D eigenvalue weighted by molar-refractivity contribution is 6.10. The number of carbonyl (C=O) groups excluding carboxylic acids is 2. The molecule has 0 aromatic heterocycles. The Hall–Kier alpha value is -2.24. The molecule has 1 aromatic rings.